The van der Waals surface area contributed by atoms with E-state index in [-0.39, 0.29) is 11.5 Å². The second-order valence-electron chi connectivity index (χ2n) is 3.68. The average molecular weight is 214 g/mol. The molecule has 0 aliphatic carbocycles. The molecule has 2 aromatic rings. The van der Waals surface area contributed by atoms with Crippen LogP contribution in [0.25, 0.3) is 11.1 Å². The molecule has 2 nitrogen and oxygen atoms in total. The molecular weight excluding hydrogens is 200 g/mol. The minimum Gasteiger partial charge on any atom is -0.507 e. The van der Waals surface area contributed by atoms with Gasteiger partial charge in [-0.1, -0.05) is 37.3 Å². The number of para-hydroxylation sites is 1. The molecule has 2 N–H and O–H groups in total. The molecule has 2 rings (SSSR count). The molecule has 0 saturated heterocycles. The molecule has 0 aromatic heterocycles. The van der Waals surface area contributed by atoms with E-state index in [1.54, 1.807) is 18.2 Å². The minimum atomic E-state index is 0.193. The number of hydrogen-bond acceptors (Lipinski definition) is 2. The van der Waals surface area contributed by atoms with E-state index in [0.717, 1.165) is 17.5 Å². The Hall–Kier alpha value is -1.96. The van der Waals surface area contributed by atoms with E-state index in [9.17, 15) is 10.2 Å². The smallest absolute Gasteiger partial charge is 0.123 e. The molecule has 0 radical (unpaired) electrons. The van der Waals surface area contributed by atoms with Gasteiger partial charge >= 0.3 is 0 Å². The van der Waals surface area contributed by atoms with Gasteiger partial charge < -0.3 is 10.2 Å². The number of benzene rings is 2. The summed E-state index contributed by atoms with van der Waals surface area (Å²) in [6.07, 6.45) is 0.818. The fourth-order valence-corrected chi connectivity index (χ4v) is 1.88. The fraction of sp³-hybridized carbons (Fsp3) is 0.143. The highest BCUT2D eigenvalue weighted by molar-refractivity contribution is 5.78. The molecule has 0 unspecified atom stereocenters. The summed E-state index contributed by atoms with van der Waals surface area (Å²) in [4.78, 5) is 0. The first-order valence-electron chi connectivity index (χ1n) is 5.33. The van der Waals surface area contributed by atoms with Gasteiger partial charge in [0, 0.05) is 11.1 Å². The van der Waals surface area contributed by atoms with Gasteiger partial charge in [0.25, 0.3) is 0 Å². The van der Waals surface area contributed by atoms with Crippen molar-refractivity contribution in [2.75, 3.05) is 0 Å². The fourth-order valence-electron chi connectivity index (χ4n) is 1.88. The van der Waals surface area contributed by atoms with Gasteiger partial charge in [-0.25, -0.2) is 0 Å². The highest BCUT2D eigenvalue weighted by Crippen LogP contribution is 2.37. The molecule has 2 heteroatoms. The summed E-state index contributed by atoms with van der Waals surface area (Å²) in [5, 5.41) is 19.7. The largest absolute Gasteiger partial charge is 0.507 e. The summed E-state index contributed by atoms with van der Waals surface area (Å²) < 4.78 is 0. The summed E-state index contributed by atoms with van der Waals surface area (Å²) in [5.74, 6) is 0.402. The number of phenolic OH excluding ortho intramolecular Hbond substituents is 2. The van der Waals surface area contributed by atoms with Crippen molar-refractivity contribution in [2.24, 2.45) is 0 Å². The van der Waals surface area contributed by atoms with Crippen LogP contribution in [-0.4, -0.2) is 10.2 Å². The summed E-state index contributed by atoms with van der Waals surface area (Å²) in [7, 11) is 0. The standard InChI is InChI=1S/C14H14O2/c1-2-10-6-5-9-13(16)14(10)11-7-3-4-8-12(11)15/h3-9,15-16H,2H2,1H3. The monoisotopic (exact) mass is 214 g/mol. The molecule has 2 aromatic carbocycles. The second-order valence-corrected chi connectivity index (χ2v) is 3.68. The highest BCUT2D eigenvalue weighted by atomic mass is 16.3. The van der Waals surface area contributed by atoms with Gasteiger partial charge in [-0.3, -0.25) is 0 Å². The van der Waals surface area contributed by atoms with E-state index >= 15 is 0 Å². The maximum Gasteiger partial charge on any atom is 0.123 e. The van der Waals surface area contributed by atoms with Crippen molar-refractivity contribution >= 4 is 0 Å². The second kappa shape index (κ2) is 4.27. The lowest BCUT2D eigenvalue weighted by Gasteiger charge is -2.11. The van der Waals surface area contributed by atoms with Gasteiger partial charge in [-0.15, -0.1) is 0 Å². The molecule has 0 aliphatic heterocycles. The van der Waals surface area contributed by atoms with E-state index in [2.05, 4.69) is 0 Å². The Morgan fingerprint density at radius 1 is 0.875 bits per heavy atom. The number of rotatable bonds is 2. The Kier molecular flexibility index (Phi) is 2.82. The zero-order chi connectivity index (χ0) is 11.5. The van der Waals surface area contributed by atoms with E-state index in [0.29, 0.717) is 5.56 Å². The third kappa shape index (κ3) is 1.74. The van der Waals surface area contributed by atoms with Crippen LogP contribution in [-0.2, 0) is 6.42 Å². The molecular formula is C14H14O2. The molecule has 0 aliphatic rings. The Balaban J connectivity index is 2.68. The van der Waals surface area contributed by atoms with Crippen molar-refractivity contribution in [2.45, 2.75) is 13.3 Å². The SMILES string of the molecule is CCc1cccc(O)c1-c1ccccc1O. The summed E-state index contributed by atoms with van der Waals surface area (Å²) >= 11 is 0. The van der Waals surface area contributed by atoms with Crippen molar-refractivity contribution in [3.05, 3.63) is 48.0 Å². The van der Waals surface area contributed by atoms with Crippen molar-refractivity contribution in [1.29, 1.82) is 0 Å². The predicted molar refractivity (Wildman–Crippen MR) is 64.6 cm³/mol. The molecule has 0 bridgehead atoms. The molecule has 0 saturated carbocycles. The molecule has 82 valence electrons. The molecule has 0 fully saturated rings. The molecule has 0 heterocycles. The van der Waals surface area contributed by atoms with Crippen LogP contribution in [0, 0.1) is 0 Å². The number of phenols is 2. The minimum absolute atomic E-state index is 0.193. The van der Waals surface area contributed by atoms with Crippen LogP contribution in [0.4, 0.5) is 0 Å². The topological polar surface area (TPSA) is 40.5 Å². The number of aromatic hydroxyl groups is 2. The van der Waals surface area contributed by atoms with Crippen LogP contribution in [0.1, 0.15) is 12.5 Å². The zero-order valence-corrected chi connectivity index (χ0v) is 9.14. The van der Waals surface area contributed by atoms with Crippen molar-refractivity contribution in [1.82, 2.24) is 0 Å². The van der Waals surface area contributed by atoms with Gasteiger partial charge in [0.2, 0.25) is 0 Å². The summed E-state index contributed by atoms with van der Waals surface area (Å²) in [6, 6.07) is 12.5. The maximum atomic E-state index is 9.89. The van der Waals surface area contributed by atoms with E-state index in [4.69, 9.17) is 0 Å². The van der Waals surface area contributed by atoms with Gasteiger partial charge in [-0.2, -0.15) is 0 Å². The van der Waals surface area contributed by atoms with Gasteiger partial charge in [0.15, 0.2) is 0 Å². The lowest BCUT2D eigenvalue weighted by molar-refractivity contribution is 0.468. The Labute approximate surface area is 94.8 Å². The highest BCUT2D eigenvalue weighted by Gasteiger charge is 2.11. The van der Waals surface area contributed by atoms with Crippen LogP contribution in [0.15, 0.2) is 42.5 Å². The van der Waals surface area contributed by atoms with Gasteiger partial charge in [0.1, 0.15) is 11.5 Å². The van der Waals surface area contributed by atoms with E-state index in [1.807, 2.05) is 31.2 Å². The number of hydrogen-bond donors (Lipinski definition) is 2. The van der Waals surface area contributed by atoms with Gasteiger partial charge in [-0.05, 0) is 24.1 Å². The van der Waals surface area contributed by atoms with Gasteiger partial charge in [0.05, 0.1) is 0 Å². The van der Waals surface area contributed by atoms with Crippen molar-refractivity contribution < 1.29 is 10.2 Å². The summed E-state index contributed by atoms with van der Waals surface area (Å²) in [6.45, 7) is 2.03. The van der Waals surface area contributed by atoms with Crippen molar-refractivity contribution in [3.8, 4) is 22.6 Å². The molecule has 0 amide bonds. The lowest BCUT2D eigenvalue weighted by Crippen LogP contribution is -1.88. The van der Waals surface area contributed by atoms with Crippen LogP contribution in [0.3, 0.4) is 0 Å². The first-order valence-corrected chi connectivity index (χ1v) is 5.33. The van der Waals surface area contributed by atoms with Crippen LogP contribution in [0.5, 0.6) is 11.5 Å². The summed E-state index contributed by atoms with van der Waals surface area (Å²) in [5.41, 5.74) is 2.43. The third-order valence-electron chi connectivity index (χ3n) is 2.68. The predicted octanol–water partition coefficient (Wildman–Crippen LogP) is 3.33. The Morgan fingerprint density at radius 3 is 2.25 bits per heavy atom. The lowest BCUT2D eigenvalue weighted by atomic mass is 9.96. The van der Waals surface area contributed by atoms with Crippen LogP contribution in [0.2, 0.25) is 0 Å². The van der Waals surface area contributed by atoms with E-state index < -0.39 is 0 Å². The normalized spacial score (nSPS) is 10.3. The average Bonchev–Trinajstić information content (AvgIpc) is 2.30. The zero-order valence-electron chi connectivity index (χ0n) is 9.14. The molecule has 0 atom stereocenters. The Morgan fingerprint density at radius 2 is 1.56 bits per heavy atom. The van der Waals surface area contributed by atoms with E-state index in [1.165, 1.54) is 0 Å². The molecule has 16 heavy (non-hydrogen) atoms. The van der Waals surface area contributed by atoms with Crippen LogP contribution >= 0.6 is 0 Å². The van der Waals surface area contributed by atoms with Crippen molar-refractivity contribution in [3.63, 3.8) is 0 Å². The third-order valence-corrected chi connectivity index (χ3v) is 2.68. The number of aryl methyl sites for hydroxylation is 1. The first kappa shape index (κ1) is 10.6. The quantitative estimate of drug-likeness (QED) is 0.805. The Bertz CT molecular complexity index is 504. The first-order chi connectivity index (χ1) is 7.74. The molecule has 0 spiro atoms. The maximum absolute atomic E-state index is 9.89. The van der Waals surface area contributed by atoms with Crippen LogP contribution < -0.4 is 0 Å².